The van der Waals surface area contributed by atoms with Crippen LogP contribution in [0.15, 0.2) is 53.7 Å². The Labute approximate surface area is 170 Å². The number of nitro benzene ring substituents is 1. The Hall–Kier alpha value is -2.91. The maximum atomic E-state index is 12.3. The van der Waals surface area contributed by atoms with E-state index in [1.54, 1.807) is 18.2 Å². The summed E-state index contributed by atoms with van der Waals surface area (Å²) in [5, 5.41) is 23.1. The number of carbonyl (C=O) groups is 1. The highest BCUT2D eigenvalue weighted by Crippen LogP contribution is 2.29. The van der Waals surface area contributed by atoms with Crippen LogP contribution in [0.25, 0.3) is 11.4 Å². The topological polar surface area (TPSA) is 103 Å². The molecule has 0 unspecified atom stereocenters. The zero-order chi connectivity index (χ0) is 20.1. The fourth-order valence-electron chi connectivity index (χ4n) is 2.58. The molecular formula is C18H16ClN5O3S. The van der Waals surface area contributed by atoms with Crippen molar-refractivity contribution in [2.45, 2.75) is 18.6 Å². The molecule has 3 rings (SSSR count). The fourth-order valence-corrected chi connectivity index (χ4v) is 3.60. The number of nitro groups is 1. The van der Waals surface area contributed by atoms with Crippen molar-refractivity contribution < 1.29 is 9.72 Å². The number of benzene rings is 2. The summed E-state index contributed by atoms with van der Waals surface area (Å²) in [6, 6.07) is 13.3. The molecule has 2 aromatic carbocycles. The molecule has 0 fully saturated rings. The van der Waals surface area contributed by atoms with Gasteiger partial charge in [0.2, 0.25) is 5.91 Å². The van der Waals surface area contributed by atoms with Gasteiger partial charge in [0.05, 0.1) is 15.7 Å². The molecule has 8 nitrogen and oxygen atoms in total. The van der Waals surface area contributed by atoms with E-state index < -0.39 is 4.92 Å². The minimum atomic E-state index is -0.535. The Bertz CT molecular complexity index is 1020. The predicted molar refractivity (Wildman–Crippen MR) is 109 cm³/mol. The van der Waals surface area contributed by atoms with Gasteiger partial charge in [-0.3, -0.25) is 14.9 Å². The summed E-state index contributed by atoms with van der Waals surface area (Å²) in [6.07, 6.45) is 0. The number of carbonyl (C=O) groups excluding carboxylic acids is 1. The second-order valence-electron chi connectivity index (χ2n) is 5.64. The van der Waals surface area contributed by atoms with Gasteiger partial charge < -0.3 is 9.88 Å². The Morgan fingerprint density at radius 1 is 1.21 bits per heavy atom. The van der Waals surface area contributed by atoms with Crippen LogP contribution in [0, 0.1) is 10.1 Å². The Balaban J connectivity index is 1.73. The third-order valence-corrected chi connectivity index (χ3v) is 5.15. The molecule has 0 spiro atoms. The molecule has 0 bridgehead atoms. The van der Waals surface area contributed by atoms with Crippen LogP contribution in [0.5, 0.6) is 0 Å². The number of aromatic nitrogens is 3. The third kappa shape index (κ3) is 4.32. The number of nitrogens with one attached hydrogen (secondary N) is 1. The predicted octanol–water partition coefficient (Wildman–Crippen LogP) is 4.26. The first-order valence-corrected chi connectivity index (χ1v) is 9.71. The van der Waals surface area contributed by atoms with Crippen LogP contribution in [0.3, 0.4) is 0 Å². The first kappa shape index (κ1) is 19.8. The van der Waals surface area contributed by atoms with Gasteiger partial charge in [0.25, 0.3) is 5.69 Å². The van der Waals surface area contributed by atoms with E-state index in [1.807, 2.05) is 29.7 Å². The average Bonchev–Trinajstić information content (AvgIpc) is 3.09. The van der Waals surface area contributed by atoms with Gasteiger partial charge in [0.15, 0.2) is 11.0 Å². The van der Waals surface area contributed by atoms with Gasteiger partial charge in [0.1, 0.15) is 5.69 Å². The lowest BCUT2D eigenvalue weighted by Gasteiger charge is -2.09. The zero-order valence-electron chi connectivity index (χ0n) is 14.8. The van der Waals surface area contributed by atoms with E-state index in [1.165, 1.54) is 23.9 Å². The molecule has 0 radical (unpaired) electrons. The van der Waals surface area contributed by atoms with Gasteiger partial charge in [-0.05, 0) is 25.1 Å². The van der Waals surface area contributed by atoms with E-state index in [4.69, 9.17) is 11.6 Å². The first-order valence-electron chi connectivity index (χ1n) is 8.35. The molecule has 1 N–H and O–H groups in total. The molecule has 0 saturated carbocycles. The van der Waals surface area contributed by atoms with Gasteiger partial charge in [-0.2, -0.15) is 0 Å². The number of rotatable bonds is 7. The van der Waals surface area contributed by atoms with Crippen LogP contribution in [0.1, 0.15) is 6.92 Å². The zero-order valence-corrected chi connectivity index (χ0v) is 16.4. The molecule has 0 saturated heterocycles. The van der Waals surface area contributed by atoms with E-state index in [9.17, 15) is 14.9 Å². The number of thioether (sulfide) groups is 1. The first-order chi connectivity index (χ1) is 13.5. The SMILES string of the molecule is CCn1c(SCC(=O)Nc2ccccc2[N+](=O)[O-])nnc1-c1ccccc1Cl. The van der Waals surface area contributed by atoms with Crippen molar-refractivity contribution in [3.8, 4) is 11.4 Å². The summed E-state index contributed by atoms with van der Waals surface area (Å²) in [6.45, 7) is 2.54. The highest BCUT2D eigenvalue weighted by atomic mass is 35.5. The lowest BCUT2D eigenvalue weighted by atomic mass is 10.2. The normalized spacial score (nSPS) is 10.6. The van der Waals surface area contributed by atoms with Crippen molar-refractivity contribution in [1.29, 1.82) is 0 Å². The number of amides is 1. The summed E-state index contributed by atoms with van der Waals surface area (Å²) in [7, 11) is 0. The molecule has 0 aliphatic heterocycles. The van der Waals surface area contributed by atoms with E-state index in [2.05, 4.69) is 15.5 Å². The smallest absolute Gasteiger partial charge is 0.292 e. The standard InChI is InChI=1S/C18H16ClN5O3S/c1-2-23-17(12-7-3-4-8-13(12)19)21-22-18(23)28-11-16(25)20-14-9-5-6-10-15(14)24(26)27/h3-10H,2,11H2,1H3,(H,20,25). The minimum absolute atomic E-state index is 0.0344. The minimum Gasteiger partial charge on any atom is -0.320 e. The highest BCUT2D eigenvalue weighted by molar-refractivity contribution is 7.99. The summed E-state index contributed by atoms with van der Waals surface area (Å²) >= 11 is 7.45. The van der Waals surface area contributed by atoms with Crippen LogP contribution in [0.2, 0.25) is 5.02 Å². The third-order valence-electron chi connectivity index (χ3n) is 3.86. The van der Waals surface area contributed by atoms with Crippen LogP contribution >= 0.6 is 23.4 Å². The van der Waals surface area contributed by atoms with Gasteiger partial charge in [-0.1, -0.05) is 47.6 Å². The molecule has 144 valence electrons. The molecule has 28 heavy (non-hydrogen) atoms. The lowest BCUT2D eigenvalue weighted by molar-refractivity contribution is -0.383. The van der Waals surface area contributed by atoms with Crippen LogP contribution in [-0.2, 0) is 11.3 Å². The summed E-state index contributed by atoms with van der Waals surface area (Å²) < 4.78 is 1.87. The molecule has 0 aliphatic rings. The Morgan fingerprint density at radius 3 is 2.64 bits per heavy atom. The number of para-hydroxylation sites is 2. The van der Waals surface area contributed by atoms with Crippen molar-refractivity contribution in [3.05, 3.63) is 63.7 Å². The van der Waals surface area contributed by atoms with E-state index in [-0.39, 0.29) is 23.0 Å². The number of halogens is 1. The van der Waals surface area contributed by atoms with E-state index in [0.717, 1.165) is 5.56 Å². The Morgan fingerprint density at radius 2 is 1.93 bits per heavy atom. The fraction of sp³-hybridized carbons (Fsp3) is 0.167. The number of anilines is 1. The van der Waals surface area contributed by atoms with Crippen molar-refractivity contribution in [1.82, 2.24) is 14.8 Å². The molecule has 1 heterocycles. The molecule has 3 aromatic rings. The molecular weight excluding hydrogens is 402 g/mol. The molecule has 1 amide bonds. The highest BCUT2D eigenvalue weighted by Gasteiger charge is 2.18. The van der Waals surface area contributed by atoms with Crippen molar-refractivity contribution in [3.63, 3.8) is 0 Å². The monoisotopic (exact) mass is 417 g/mol. The molecule has 10 heteroatoms. The maximum absolute atomic E-state index is 12.3. The molecule has 0 atom stereocenters. The van der Waals surface area contributed by atoms with Crippen molar-refractivity contribution in [2.75, 3.05) is 11.1 Å². The Kier molecular flexibility index (Phi) is 6.27. The largest absolute Gasteiger partial charge is 0.320 e. The number of hydrogen-bond acceptors (Lipinski definition) is 6. The lowest BCUT2D eigenvalue weighted by Crippen LogP contribution is -2.15. The second-order valence-corrected chi connectivity index (χ2v) is 6.99. The van der Waals surface area contributed by atoms with Gasteiger partial charge >= 0.3 is 0 Å². The summed E-state index contributed by atoms with van der Waals surface area (Å²) in [5.41, 5.74) is 0.764. The van der Waals surface area contributed by atoms with Crippen LogP contribution in [-0.4, -0.2) is 31.3 Å². The maximum Gasteiger partial charge on any atom is 0.292 e. The average molecular weight is 418 g/mol. The van der Waals surface area contributed by atoms with Crippen molar-refractivity contribution >= 4 is 40.6 Å². The van der Waals surface area contributed by atoms with Gasteiger partial charge in [-0.15, -0.1) is 10.2 Å². The van der Waals surface area contributed by atoms with E-state index in [0.29, 0.717) is 22.5 Å². The van der Waals surface area contributed by atoms with Crippen LogP contribution < -0.4 is 5.32 Å². The van der Waals surface area contributed by atoms with Gasteiger partial charge in [0, 0.05) is 18.2 Å². The quantitative estimate of drug-likeness (QED) is 0.350. The molecule has 0 aliphatic carbocycles. The number of nitrogens with zero attached hydrogens (tertiary/aromatic N) is 4. The van der Waals surface area contributed by atoms with Gasteiger partial charge in [-0.25, -0.2) is 0 Å². The van der Waals surface area contributed by atoms with Crippen LogP contribution in [0.4, 0.5) is 11.4 Å². The second kappa shape index (κ2) is 8.85. The summed E-state index contributed by atoms with van der Waals surface area (Å²) in [5.74, 6) is 0.283. The van der Waals surface area contributed by atoms with E-state index >= 15 is 0 Å². The number of hydrogen-bond donors (Lipinski definition) is 1. The van der Waals surface area contributed by atoms with Crippen molar-refractivity contribution in [2.24, 2.45) is 0 Å². The molecule has 1 aromatic heterocycles. The summed E-state index contributed by atoms with van der Waals surface area (Å²) in [4.78, 5) is 22.8.